The summed E-state index contributed by atoms with van der Waals surface area (Å²) in [5.41, 5.74) is 1.08. The van der Waals surface area contributed by atoms with Gasteiger partial charge in [0.1, 0.15) is 5.75 Å². The van der Waals surface area contributed by atoms with Crippen LogP contribution in [0.15, 0.2) is 24.3 Å². The Bertz CT molecular complexity index is 335. The third-order valence-corrected chi connectivity index (χ3v) is 3.37. The second-order valence-electron chi connectivity index (χ2n) is 4.68. The van der Waals surface area contributed by atoms with Gasteiger partial charge < -0.3 is 15.3 Å². The first-order chi connectivity index (χ1) is 8.36. The molecule has 0 amide bonds. The summed E-state index contributed by atoms with van der Waals surface area (Å²) in [6.45, 7) is 5.79. The molecule has 1 saturated heterocycles. The maximum absolute atomic E-state index is 9.64. The minimum absolute atomic E-state index is 0.440. The number of unbranched alkanes of at least 4 members (excludes halogenated alkanes) is 1. The summed E-state index contributed by atoms with van der Waals surface area (Å²) < 4.78 is 0. The highest BCUT2D eigenvalue weighted by molar-refractivity contribution is 5.31. The molecule has 3 heteroatoms. The molecule has 0 spiro atoms. The Morgan fingerprint density at radius 3 is 2.65 bits per heavy atom. The van der Waals surface area contributed by atoms with Gasteiger partial charge in [-0.05, 0) is 37.4 Å². The van der Waals surface area contributed by atoms with E-state index in [1.54, 1.807) is 6.07 Å². The summed E-state index contributed by atoms with van der Waals surface area (Å²) in [5, 5.41) is 13.0. The molecule has 1 aliphatic heterocycles. The van der Waals surface area contributed by atoms with Crippen molar-refractivity contribution in [3.8, 4) is 5.75 Å². The highest BCUT2D eigenvalue weighted by atomic mass is 16.3. The number of benzene rings is 1. The van der Waals surface area contributed by atoms with Crippen LogP contribution < -0.4 is 5.32 Å². The van der Waals surface area contributed by atoms with Crippen LogP contribution in [0.3, 0.4) is 0 Å². The predicted molar refractivity (Wildman–Crippen MR) is 70.4 cm³/mol. The fraction of sp³-hybridized carbons (Fsp3) is 0.571. The lowest BCUT2D eigenvalue weighted by Crippen LogP contribution is -2.43. The van der Waals surface area contributed by atoms with Crippen LogP contribution in [0.5, 0.6) is 5.75 Å². The number of piperazine rings is 1. The average molecular weight is 234 g/mol. The molecule has 2 rings (SSSR count). The van der Waals surface area contributed by atoms with E-state index in [-0.39, 0.29) is 0 Å². The van der Waals surface area contributed by atoms with Gasteiger partial charge in [-0.3, -0.25) is 0 Å². The highest BCUT2D eigenvalue weighted by Crippen LogP contribution is 2.17. The first-order valence-corrected chi connectivity index (χ1v) is 6.56. The van der Waals surface area contributed by atoms with Gasteiger partial charge >= 0.3 is 0 Å². The molecule has 1 aromatic rings. The number of hydrogen-bond acceptors (Lipinski definition) is 3. The normalized spacial score (nSPS) is 17.2. The SMILES string of the molecule is Oc1ccccc1CCCCN1CCNCC1. The van der Waals surface area contributed by atoms with E-state index in [0.29, 0.717) is 5.75 Å². The van der Waals surface area contributed by atoms with Crippen molar-refractivity contribution in [2.75, 3.05) is 32.7 Å². The quantitative estimate of drug-likeness (QED) is 0.760. The van der Waals surface area contributed by atoms with E-state index < -0.39 is 0 Å². The molecule has 0 aliphatic carbocycles. The van der Waals surface area contributed by atoms with Crippen LogP contribution in [0.2, 0.25) is 0 Å². The smallest absolute Gasteiger partial charge is 0.118 e. The monoisotopic (exact) mass is 234 g/mol. The lowest BCUT2D eigenvalue weighted by molar-refractivity contribution is 0.237. The van der Waals surface area contributed by atoms with E-state index in [2.05, 4.69) is 10.2 Å². The van der Waals surface area contributed by atoms with E-state index in [1.807, 2.05) is 18.2 Å². The predicted octanol–water partition coefficient (Wildman–Crippen LogP) is 1.62. The maximum Gasteiger partial charge on any atom is 0.118 e. The van der Waals surface area contributed by atoms with E-state index in [0.717, 1.165) is 31.5 Å². The van der Waals surface area contributed by atoms with E-state index in [1.165, 1.54) is 26.1 Å². The van der Waals surface area contributed by atoms with Gasteiger partial charge in [0.2, 0.25) is 0 Å². The summed E-state index contributed by atoms with van der Waals surface area (Å²) in [6.07, 6.45) is 3.36. The molecular formula is C14H22N2O. The summed E-state index contributed by atoms with van der Waals surface area (Å²) >= 11 is 0. The zero-order valence-corrected chi connectivity index (χ0v) is 10.4. The fourth-order valence-corrected chi connectivity index (χ4v) is 2.31. The summed E-state index contributed by atoms with van der Waals surface area (Å²) in [7, 11) is 0. The summed E-state index contributed by atoms with van der Waals surface area (Å²) in [6, 6.07) is 7.65. The Labute approximate surface area is 103 Å². The first kappa shape index (κ1) is 12.4. The van der Waals surface area contributed by atoms with Gasteiger partial charge in [0.15, 0.2) is 0 Å². The number of para-hydroxylation sites is 1. The Kier molecular flexibility index (Phi) is 4.83. The van der Waals surface area contributed by atoms with Gasteiger partial charge in [0.05, 0.1) is 0 Å². The third kappa shape index (κ3) is 4.02. The van der Waals surface area contributed by atoms with Gasteiger partial charge in [-0.2, -0.15) is 0 Å². The fourth-order valence-electron chi connectivity index (χ4n) is 2.31. The molecule has 0 bridgehead atoms. The van der Waals surface area contributed by atoms with Gasteiger partial charge in [-0.15, -0.1) is 0 Å². The Morgan fingerprint density at radius 2 is 1.88 bits per heavy atom. The largest absolute Gasteiger partial charge is 0.508 e. The molecule has 94 valence electrons. The molecule has 3 nitrogen and oxygen atoms in total. The van der Waals surface area contributed by atoms with Crippen LogP contribution in [0, 0.1) is 0 Å². The molecule has 0 radical (unpaired) electrons. The Balaban J connectivity index is 1.64. The van der Waals surface area contributed by atoms with Crippen LogP contribution in [0.1, 0.15) is 18.4 Å². The van der Waals surface area contributed by atoms with Crippen molar-refractivity contribution in [2.45, 2.75) is 19.3 Å². The number of nitrogens with zero attached hydrogens (tertiary/aromatic N) is 1. The summed E-state index contributed by atoms with van der Waals surface area (Å²) in [5.74, 6) is 0.440. The van der Waals surface area contributed by atoms with E-state index in [4.69, 9.17) is 0 Å². The number of nitrogens with one attached hydrogen (secondary N) is 1. The van der Waals surface area contributed by atoms with Crippen molar-refractivity contribution in [1.82, 2.24) is 10.2 Å². The zero-order chi connectivity index (χ0) is 11.9. The van der Waals surface area contributed by atoms with Gasteiger partial charge in [-0.25, -0.2) is 0 Å². The molecule has 0 atom stereocenters. The van der Waals surface area contributed by atoms with Crippen molar-refractivity contribution in [3.05, 3.63) is 29.8 Å². The second kappa shape index (κ2) is 6.62. The number of aryl methyl sites for hydroxylation is 1. The van der Waals surface area contributed by atoms with Crippen LogP contribution in [0.25, 0.3) is 0 Å². The lowest BCUT2D eigenvalue weighted by Gasteiger charge is -2.27. The zero-order valence-electron chi connectivity index (χ0n) is 10.4. The van der Waals surface area contributed by atoms with Gasteiger partial charge in [-0.1, -0.05) is 18.2 Å². The topological polar surface area (TPSA) is 35.5 Å². The number of phenolic OH excluding ortho intramolecular Hbond substituents is 1. The lowest BCUT2D eigenvalue weighted by atomic mass is 10.1. The summed E-state index contributed by atoms with van der Waals surface area (Å²) in [4.78, 5) is 2.52. The van der Waals surface area contributed by atoms with Crippen molar-refractivity contribution < 1.29 is 5.11 Å². The molecule has 0 aromatic heterocycles. The number of rotatable bonds is 5. The number of hydrogen-bond donors (Lipinski definition) is 2. The molecule has 1 heterocycles. The molecular weight excluding hydrogens is 212 g/mol. The minimum atomic E-state index is 0.440. The number of aromatic hydroxyl groups is 1. The van der Waals surface area contributed by atoms with Crippen LogP contribution >= 0.6 is 0 Å². The van der Waals surface area contributed by atoms with Gasteiger partial charge in [0.25, 0.3) is 0 Å². The van der Waals surface area contributed by atoms with Crippen LogP contribution in [0.4, 0.5) is 0 Å². The molecule has 1 aromatic carbocycles. The van der Waals surface area contributed by atoms with E-state index >= 15 is 0 Å². The Morgan fingerprint density at radius 1 is 1.12 bits per heavy atom. The van der Waals surface area contributed by atoms with Crippen molar-refractivity contribution in [1.29, 1.82) is 0 Å². The van der Waals surface area contributed by atoms with Gasteiger partial charge in [0, 0.05) is 26.2 Å². The standard InChI is InChI=1S/C14H22N2O/c17-14-7-2-1-5-13(14)6-3-4-10-16-11-8-15-9-12-16/h1-2,5,7,15,17H,3-4,6,8-12H2. The third-order valence-electron chi connectivity index (χ3n) is 3.37. The van der Waals surface area contributed by atoms with Crippen LogP contribution in [-0.4, -0.2) is 42.7 Å². The average Bonchev–Trinajstić information content (AvgIpc) is 2.38. The molecule has 2 N–H and O–H groups in total. The molecule has 1 fully saturated rings. The number of phenols is 1. The minimum Gasteiger partial charge on any atom is -0.508 e. The van der Waals surface area contributed by atoms with E-state index in [9.17, 15) is 5.11 Å². The van der Waals surface area contributed by atoms with Crippen LogP contribution in [-0.2, 0) is 6.42 Å². The molecule has 1 aliphatic rings. The first-order valence-electron chi connectivity index (χ1n) is 6.56. The van der Waals surface area contributed by atoms with Crippen molar-refractivity contribution in [3.63, 3.8) is 0 Å². The maximum atomic E-state index is 9.64. The molecule has 0 unspecified atom stereocenters. The highest BCUT2D eigenvalue weighted by Gasteiger charge is 2.08. The van der Waals surface area contributed by atoms with Crippen molar-refractivity contribution >= 4 is 0 Å². The second-order valence-corrected chi connectivity index (χ2v) is 4.68. The van der Waals surface area contributed by atoms with Crippen molar-refractivity contribution in [2.24, 2.45) is 0 Å². The molecule has 0 saturated carbocycles. The molecule has 17 heavy (non-hydrogen) atoms. The Hall–Kier alpha value is -1.06.